The number of carboxylic acid groups (broad SMARTS) is 1. The number of hydrogen-bond acceptors (Lipinski definition) is 3. The summed E-state index contributed by atoms with van der Waals surface area (Å²) in [6.07, 6.45) is 17.4. The van der Waals surface area contributed by atoms with Crippen molar-refractivity contribution in [2.24, 2.45) is 0 Å². The van der Waals surface area contributed by atoms with Gasteiger partial charge in [0.1, 0.15) is 6.10 Å². The van der Waals surface area contributed by atoms with E-state index in [4.69, 9.17) is 9.84 Å². The van der Waals surface area contributed by atoms with Crippen LogP contribution in [0.2, 0.25) is 0 Å². The molecule has 0 fully saturated rings. The van der Waals surface area contributed by atoms with Crippen LogP contribution in [0.1, 0.15) is 97.3 Å². The number of carbonyl (C=O) groups excluding carboxylic acids is 1. The second-order valence-corrected chi connectivity index (χ2v) is 7.64. The van der Waals surface area contributed by atoms with Crippen LogP contribution in [0.3, 0.4) is 0 Å². The van der Waals surface area contributed by atoms with Crippen LogP contribution >= 0.6 is 0 Å². The topological polar surface area (TPSA) is 63.6 Å². The Morgan fingerprint density at radius 2 is 1.40 bits per heavy atom. The summed E-state index contributed by atoms with van der Waals surface area (Å²) in [5.74, 6) is -0.889. The quantitative estimate of drug-likeness (QED) is 0.173. The van der Waals surface area contributed by atoms with E-state index in [1.807, 2.05) is 36.4 Å². The Morgan fingerprint density at radius 3 is 1.97 bits per heavy atom. The van der Waals surface area contributed by atoms with Crippen molar-refractivity contribution in [2.75, 3.05) is 0 Å². The third-order valence-electron chi connectivity index (χ3n) is 4.71. The summed E-state index contributed by atoms with van der Waals surface area (Å²) in [5, 5.41) is 8.55. The molecule has 0 aliphatic heterocycles. The van der Waals surface area contributed by atoms with Crippen molar-refractivity contribution >= 4 is 11.9 Å². The van der Waals surface area contributed by atoms with Gasteiger partial charge in [0.15, 0.2) is 0 Å². The van der Waals surface area contributed by atoms with Crippen LogP contribution < -0.4 is 0 Å². The summed E-state index contributed by atoms with van der Waals surface area (Å²) >= 11 is 0. The lowest BCUT2D eigenvalue weighted by Crippen LogP contribution is -2.15. The second-order valence-electron chi connectivity index (χ2n) is 7.64. The zero-order chi connectivity index (χ0) is 22.3. The van der Waals surface area contributed by atoms with Gasteiger partial charge in [0, 0.05) is 19.8 Å². The molecule has 1 atom stereocenters. The van der Waals surface area contributed by atoms with Crippen LogP contribution in [0, 0.1) is 0 Å². The highest BCUT2D eigenvalue weighted by molar-refractivity contribution is 5.66. The number of rotatable bonds is 16. The number of esters is 1. The number of carboxylic acids is 1. The molecule has 1 aromatic carbocycles. The van der Waals surface area contributed by atoms with Gasteiger partial charge in [-0.3, -0.25) is 9.59 Å². The number of aliphatic carboxylic acids is 1. The van der Waals surface area contributed by atoms with Crippen LogP contribution in [0.5, 0.6) is 0 Å². The zero-order valence-electron chi connectivity index (χ0n) is 19.1. The highest BCUT2D eigenvalue weighted by atomic mass is 16.5. The maximum atomic E-state index is 11.2. The molecule has 0 aromatic heterocycles. The number of ether oxygens (including phenoxy) is 1. The summed E-state index contributed by atoms with van der Waals surface area (Å²) in [6, 6.07) is 12.0. The van der Waals surface area contributed by atoms with E-state index < -0.39 is 5.97 Å². The van der Waals surface area contributed by atoms with Crippen molar-refractivity contribution in [3.63, 3.8) is 0 Å². The first-order valence-corrected chi connectivity index (χ1v) is 11.6. The number of allylic oxidation sites excluding steroid dienone is 1. The largest absolute Gasteiger partial charge is 0.481 e. The summed E-state index contributed by atoms with van der Waals surface area (Å²) in [4.78, 5) is 21.5. The Hall–Kier alpha value is -2.10. The van der Waals surface area contributed by atoms with Crippen molar-refractivity contribution in [1.82, 2.24) is 0 Å². The van der Waals surface area contributed by atoms with Crippen LogP contribution in [-0.4, -0.2) is 23.1 Å². The molecule has 0 spiro atoms. The van der Waals surface area contributed by atoms with Crippen LogP contribution in [0.25, 0.3) is 0 Å². The maximum Gasteiger partial charge on any atom is 0.303 e. The standard InChI is InChI=1S/C20H36O4.C6H6/c1-3-4-5-12-15-19(24-18(2)21)16-13-10-8-6-7-9-11-14-17-20(22)23;1-2-4-6-5-3-1/h10,13,19H,3-9,11-12,14-17H2,1-2H3,(H,22,23);1-6H. The Labute approximate surface area is 183 Å². The van der Waals surface area contributed by atoms with Gasteiger partial charge in [0.05, 0.1) is 0 Å². The number of benzene rings is 1. The highest BCUT2D eigenvalue weighted by Gasteiger charge is 2.09. The van der Waals surface area contributed by atoms with Gasteiger partial charge >= 0.3 is 11.9 Å². The zero-order valence-corrected chi connectivity index (χ0v) is 19.1. The van der Waals surface area contributed by atoms with E-state index in [2.05, 4.69) is 19.1 Å². The second kappa shape index (κ2) is 21.6. The lowest BCUT2D eigenvalue weighted by molar-refractivity contribution is -0.146. The SMILES string of the molecule is CCCCCCC(CC=CCCCCCCCC(=O)O)OC(C)=O.c1ccccc1. The van der Waals surface area contributed by atoms with Crippen LogP contribution in [-0.2, 0) is 14.3 Å². The summed E-state index contributed by atoms with van der Waals surface area (Å²) in [6.45, 7) is 3.67. The minimum Gasteiger partial charge on any atom is -0.481 e. The molecule has 1 N–H and O–H groups in total. The molecule has 170 valence electrons. The summed E-state index contributed by atoms with van der Waals surface area (Å²) < 4.78 is 5.38. The third-order valence-corrected chi connectivity index (χ3v) is 4.71. The van der Waals surface area contributed by atoms with Crippen LogP contribution in [0.15, 0.2) is 48.6 Å². The summed E-state index contributed by atoms with van der Waals surface area (Å²) in [5.41, 5.74) is 0. The minimum absolute atomic E-state index is 0.0200. The molecule has 1 aromatic rings. The lowest BCUT2D eigenvalue weighted by atomic mass is 10.1. The molecule has 0 aliphatic carbocycles. The van der Waals surface area contributed by atoms with E-state index in [0.717, 1.165) is 57.8 Å². The normalized spacial score (nSPS) is 11.5. The van der Waals surface area contributed by atoms with E-state index in [1.54, 1.807) is 0 Å². The lowest BCUT2D eigenvalue weighted by Gasteiger charge is -2.15. The van der Waals surface area contributed by atoms with E-state index in [9.17, 15) is 9.59 Å². The smallest absolute Gasteiger partial charge is 0.303 e. The highest BCUT2D eigenvalue weighted by Crippen LogP contribution is 2.13. The van der Waals surface area contributed by atoms with Gasteiger partial charge in [-0.15, -0.1) is 0 Å². The van der Waals surface area contributed by atoms with Gasteiger partial charge in [0.25, 0.3) is 0 Å². The van der Waals surface area contributed by atoms with Gasteiger partial charge in [-0.2, -0.15) is 0 Å². The van der Waals surface area contributed by atoms with E-state index in [0.29, 0.717) is 0 Å². The van der Waals surface area contributed by atoms with Gasteiger partial charge in [-0.05, 0) is 32.1 Å². The average Bonchev–Trinajstić information content (AvgIpc) is 2.73. The molecule has 0 heterocycles. The average molecular weight is 419 g/mol. The van der Waals surface area contributed by atoms with Gasteiger partial charge in [0.2, 0.25) is 0 Å². The Bertz CT molecular complexity index is 513. The van der Waals surface area contributed by atoms with Crippen molar-refractivity contribution in [2.45, 2.75) is 103 Å². The molecule has 0 amide bonds. The first kappa shape index (κ1) is 27.9. The number of hydrogen-bond donors (Lipinski definition) is 1. The van der Waals surface area contributed by atoms with Crippen LogP contribution in [0.4, 0.5) is 0 Å². The molecule has 0 aliphatic rings. The van der Waals surface area contributed by atoms with E-state index in [1.165, 1.54) is 26.2 Å². The molecule has 0 radical (unpaired) electrons. The Balaban J connectivity index is 0.00000118. The maximum absolute atomic E-state index is 11.2. The fourth-order valence-corrected chi connectivity index (χ4v) is 3.08. The molecular weight excluding hydrogens is 376 g/mol. The minimum atomic E-state index is -0.699. The predicted octanol–water partition coefficient (Wildman–Crippen LogP) is 7.34. The Kier molecular flexibility index (Phi) is 20.1. The van der Waals surface area contributed by atoms with E-state index >= 15 is 0 Å². The summed E-state index contributed by atoms with van der Waals surface area (Å²) in [7, 11) is 0. The van der Waals surface area contributed by atoms with E-state index in [-0.39, 0.29) is 18.5 Å². The van der Waals surface area contributed by atoms with Gasteiger partial charge in [-0.25, -0.2) is 0 Å². The predicted molar refractivity (Wildman–Crippen MR) is 124 cm³/mol. The molecule has 1 rings (SSSR count). The van der Waals surface area contributed by atoms with Gasteiger partial charge < -0.3 is 9.84 Å². The molecular formula is C26H42O4. The molecule has 4 heteroatoms. The van der Waals surface area contributed by atoms with Crippen molar-refractivity contribution in [3.8, 4) is 0 Å². The molecule has 0 bridgehead atoms. The molecule has 0 saturated heterocycles. The monoisotopic (exact) mass is 418 g/mol. The van der Waals surface area contributed by atoms with Crippen molar-refractivity contribution in [1.29, 1.82) is 0 Å². The first-order valence-electron chi connectivity index (χ1n) is 11.6. The number of carbonyl (C=O) groups is 2. The van der Waals surface area contributed by atoms with Crippen molar-refractivity contribution < 1.29 is 19.4 Å². The number of unbranched alkanes of at least 4 members (excludes halogenated alkanes) is 8. The molecule has 4 nitrogen and oxygen atoms in total. The van der Waals surface area contributed by atoms with Gasteiger partial charge in [-0.1, -0.05) is 94.0 Å². The molecule has 0 saturated carbocycles. The van der Waals surface area contributed by atoms with Crippen molar-refractivity contribution in [3.05, 3.63) is 48.6 Å². The Morgan fingerprint density at radius 1 is 0.833 bits per heavy atom. The first-order chi connectivity index (χ1) is 14.6. The fraction of sp³-hybridized carbons (Fsp3) is 0.615. The molecule has 1 unspecified atom stereocenters. The molecule has 30 heavy (non-hydrogen) atoms. The third kappa shape index (κ3) is 22.2. The fourth-order valence-electron chi connectivity index (χ4n) is 3.08.